The van der Waals surface area contributed by atoms with Gasteiger partial charge in [-0.2, -0.15) is 0 Å². The van der Waals surface area contributed by atoms with E-state index in [4.69, 9.17) is 9.47 Å². The van der Waals surface area contributed by atoms with Crippen LogP contribution in [-0.2, 0) is 9.47 Å². The van der Waals surface area contributed by atoms with Crippen molar-refractivity contribution in [2.24, 2.45) is 0 Å². The zero-order chi connectivity index (χ0) is 19.8. The summed E-state index contributed by atoms with van der Waals surface area (Å²) in [5.74, 6) is 0. The van der Waals surface area contributed by atoms with Crippen LogP contribution < -0.4 is 15.9 Å². The standard InChI is InChI=1S/C26H30O2P/c1-5-13-23(14-6-1)29(24-15-7-2-8-16-24,25-17-9-3-10-18-25)22-12-4-11-19-26-27-20-21-28-26/h1-3,5-10,13-18,26H,4,11-12,19-22H2/q+1. The monoisotopic (exact) mass is 405 g/mol. The Kier molecular flexibility index (Phi) is 7.11. The summed E-state index contributed by atoms with van der Waals surface area (Å²) in [6.07, 6.45) is 5.79. The highest BCUT2D eigenvalue weighted by atomic mass is 31.2. The van der Waals surface area contributed by atoms with Gasteiger partial charge in [0.05, 0.1) is 19.4 Å². The zero-order valence-electron chi connectivity index (χ0n) is 17.0. The van der Waals surface area contributed by atoms with Crippen LogP contribution in [0, 0.1) is 0 Å². The van der Waals surface area contributed by atoms with Gasteiger partial charge in [0.25, 0.3) is 0 Å². The summed E-state index contributed by atoms with van der Waals surface area (Å²) in [5.41, 5.74) is 0. The summed E-state index contributed by atoms with van der Waals surface area (Å²) in [6, 6.07) is 33.4. The molecule has 1 aliphatic rings. The van der Waals surface area contributed by atoms with Crippen LogP contribution in [-0.4, -0.2) is 25.7 Å². The first-order valence-corrected chi connectivity index (χ1v) is 12.7. The predicted octanol–water partition coefficient (Wildman–Crippen LogP) is 4.91. The van der Waals surface area contributed by atoms with E-state index in [1.807, 2.05) is 0 Å². The zero-order valence-corrected chi connectivity index (χ0v) is 17.8. The molecule has 3 heteroatoms. The number of hydrogen-bond donors (Lipinski definition) is 0. The Morgan fingerprint density at radius 2 is 1.03 bits per heavy atom. The lowest BCUT2D eigenvalue weighted by Gasteiger charge is -2.27. The quantitative estimate of drug-likeness (QED) is 0.372. The molecule has 4 rings (SSSR count). The molecule has 1 fully saturated rings. The van der Waals surface area contributed by atoms with E-state index in [0.29, 0.717) is 0 Å². The average molecular weight is 405 g/mol. The first-order chi connectivity index (χ1) is 14.4. The molecule has 150 valence electrons. The molecule has 3 aromatic rings. The number of ether oxygens (including phenoxy) is 2. The van der Waals surface area contributed by atoms with Crippen LogP contribution >= 0.6 is 7.26 Å². The van der Waals surface area contributed by atoms with Crippen molar-refractivity contribution >= 4 is 23.2 Å². The number of hydrogen-bond acceptors (Lipinski definition) is 2. The Labute approximate surface area is 175 Å². The molecule has 0 bridgehead atoms. The molecular weight excluding hydrogens is 375 g/mol. The minimum Gasteiger partial charge on any atom is -0.350 e. The van der Waals surface area contributed by atoms with Crippen molar-refractivity contribution in [1.29, 1.82) is 0 Å². The maximum Gasteiger partial charge on any atom is 0.157 e. The smallest absolute Gasteiger partial charge is 0.157 e. The fourth-order valence-corrected chi connectivity index (χ4v) is 8.70. The van der Waals surface area contributed by atoms with E-state index in [9.17, 15) is 0 Å². The van der Waals surface area contributed by atoms with Gasteiger partial charge in [-0.1, -0.05) is 54.6 Å². The van der Waals surface area contributed by atoms with E-state index in [2.05, 4.69) is 91.0 Å². The molecule has 3 aromatic carbocycles. The van der Waals surface area contributed by atoms with Gasteiger partial charge in [-0.05, 0) is 62.1 Å². The third-order valence-corrected chi connectivity index (χ3v) is 10.2. The van der Waals surface area contributed by atoms with E-state index in [0.717, 1.165) is 26.1 Å². The molecule has 0 atom stereocenters. The van der Waals surface area contributed by atoms with Crippen LogP contribution in [0.4, 0.5) is 0 Å². The lowest BCUT2D eigenvalue weighted by atomic mass is 10.2. The molecule has 1 saturated heterocycles. The molecule has 1 aliphatic heterocycles. The molecule has 0 aliphatic carbocycles. The van der Waals surface area contributed by atoms with E-state index < -0.39 is 7.26 Å². The van der Waals surface area contributed by atoms with E-state index in [1.165, 1.54) is 34.9 Å². The van der Waals surface area contributed by atoms with Crippen molar-refractivity contribution in [1.82, 2.24) is 0 Å². The van der Waals surface area contributed by atoms with Gasteiger partial charge in [0.15, 0.2) is 6.29 Å². The third kappa shape index (κ3) is 4.78. The Morgan fingerprint density at radius 1 is 0.586 bits per heavy atom. The Bertz CT molecular complexity index is 749. The second kappa shape index (κ2) is 10.2. The number of benzene rings is 3. The molecule has 0 radical (unpaired) electrons. The molecule has 0 amide bonds. The van der Waals surface area contributed by atoms with Gasteiger partial charge in [0.1, 0.15) is 23.2 Å². The molecule has 0 aromatic heterocycles. The molecule has 2 nitrogen and oxygen atoms in total. The van der Waals surface area contributed by atoms with Crippen LogP contribution in [0.2, 0.25) is 0 Å². The molecule has 29 heavy (non-hydrogen) atoms. The lowest BCUT2D eigenvalue weighted by molar-refractivity contribution is -0.0479. The minimum absolute atomic E-state index is 0.0203. The fraction of sp³-hybridized carbons (Fsp3) is 0.308. The van der Waals surface area contributed by atoms with Gasteiger partial charge < -0.3 is 9.47 Å². The van der Waals surface area contributed by atoms with Gasteiger partial charge >= 0.3 is 0 Å². The first-order valence-electron chi connectivity index (χ1n) is 10.7. The van der Waals surface area contributed by atoms with Gasteiger partial charge in [-0.3, -0.25) is 0 Å². The summed E-state index contributed by atoms with van der Waals surface area (Å²) in [7, 11) is -1.68. The third-order valence-electron chi connectivity index (χ3n) is 5.72. The Morgan fingerprint density at radius 3 is 1.48 bits per heavy atom. The van der Waals surface area contributed by atoms with Crippen LogP contribution in [0.3, 0.4) is 0 Å². The van der Waals surface area contributed by atoms with Gasteiger partial charge in [-0.15, -0.1) is 0 Å². The molecule has 1 heterocycles. The second-order valence-corrected chi connectivity index (χ2v) is 11.2. The van der Waals surface area contributed by atoms with E-state index >= 15 is 0 Å². The van der Waals surface area contributed by atoms with Crippen LogP contribution in [0.15, 0.2) is 91.0 Å². The maximum atomic E-state index is 5.59. The van der Waals surface area contributed by atoms with Gasteiger partial charge in [0.2, 0.25) is 0 Å². The van der Waals surface area contributed by atoms with Crippen molar-refractivity contribution in [3.63, 3.8) is 0 Å². The van der Waals surface area contributed by atoms with Crippen molar-refractivity contribution in [2.45, 2.75) is 32.0 Å². The van der Waals surface area contributed by atoms with Crippen molar-refractivity contribution < 1.29 is 9.47 Å². The normalized spacial score (nSPS) is 14.9. The van der Waals surface area contributed by atoms with Gasteiger partial charge in [0, 0.05) is 0 Å². The summed E-state index contributed by atoms with van der Waals surface area (Å²) < 4.78 is 11.2. The topological polar surface area (TPSA) is 18.5 Å². The fourth-order valence-electron chi connectivity index (χ4n) is 4.29. The summed E-state index contributed by atoms with van der Waals surface area (Å²) in [5, 5.41) is 4.42. The minimum atomic E-state index is -1.68. The highest BCUT2D eigenvalue weighted by Crippen LogP contribution is 2.55. The molecule has 0 unspecified atom stereocenters. The van der Waals surface area contributed by atoms with Crippen LogP contribution in [0.5, 0.6) is 0 Å². The van der Waals surface area contributed by atoms with Crippen molar-refractivity contribution in [3.8, 4) is 0 Å². The largest absolute Gasteiger partial charge is 0.350 e. The Hall–Kier alpha value is -1.99. The molecule has 0 N–H and O–H groups in total. The Balaban J connectivity index is 1.61. The van der Waals surface area contributed by atoms with Crippen molar-refractivity contribution in [3.05, 3.63) is 91.0 Å². The predicted molar refractivity (Wildman–Crippen MR) is 124 cm³/mol. The average Bonchev–Trinajstić information content (AvgIpc) is 3.32. The highest BCUT2D eigenvalue weighted by molar-refractivity contribution is 7.95. The van der Waals surface area contributed by atoms with Gasteiger partial charge in [-0.25, -0.2) is 0 Å². The number of unbranched alkanes of at least 4 members (excludes halogenated alkanes) is 2. The first kappa shape index (κ1) is 20.3. The summed E-state index contributed by atoms with van der Waals surface area (Å²) in [4.78, 5) is 0. The highest BCUT2D eigenvalue weighted by Gasteiger charge is 2.44. The van der Waals surface area contributed by atoms with Crippen LogP contribution in [0.1, 0.15) is 25.7 Å². The second-order valence-electron chi connectivity index (χ2n) is 7.56. The van der Waals surface area contributed by atoms with E-state index in [-0.39, 0.29) is 6.29 Å². The molecule has 0 spiro atoms. The molecular formula is C26H30O2P+. The maximum absolute atomic E-state index is 5.59. The number of rotatable bonds is 9. The summed E-state index contributed by atoms with van der Waals surface area (Å²) in [6.45, 7) is 1.49. The molecule has 0 saturated carbocycles. The SMILES string of the molecule is c1ccc([P+](CCCCCC2OCCO2)(c2ccccc2)c2ccccc2)cc1. The van der Waals surface area contributed by atoms with Crippen molar-refractivity contribution in [2.75, 3.05) is 19.4 Å². The van der Waals surface area contributed by atoms with Crippen LogP contribution in [0.25, 0.3) is 0 Å². The lowest BCUT2D eigenvalue weighted by Crippen LogP contribution is -2.33. The summed E-state index contributed by atoms with van der Waals surface area (Å²) >= 11 is 0. The van der Waals surface area contributed by atoms with E-state index in [1.54, 1.807) is 0 Å².